The fraction of sp³-hybridized carbons (Fsp3) is 0.240. The Morgan fingerprint density at radius 3 is 2.39 bits per heavy atom. The van der Waals surface area contributed by atoms with Crippen molar-refractivity contribution in [3.63, 3.8) is 0 Å². The molecule has 0 atom stereocenters. The van der Waals surface area contributed by atoms with Crippen LogP contribution in [0.25, 0.3) is 0 Å². The van der Waals surface area contributed by atoms with Crippen LogP contribution >= 0.6 is 0 Å². The lowest BCUT2D eigenvalue weighted by molar-refractivity contribution is 0.0636. The largest absolute Gasteiger partial charge is 0.455 e. The average molecular weight is 456 g/mol. The second-order valence-corrected chi connectivity index (χ2v) is 8.44. The van der Waals surface area contributed by atoms with Gasteiger partial charge in [-0.25, -0.2) is 13.6 Å². The summed E-state index contributed by atoms with van der Waals surface area (Å²) in [5.41, 5.74) is 1.53. The van der Waals surface area contributed by atoms with Crippen LogP contribution in [0.1, 0.15) is 26.3 Å². The molecular formula is C25H27F2N3O3. The third-order valence-corrected chi connectivity index (χ3v) is 4.42. The Labute approximate surface area is 191 Å². The van der Waals surface area contributed by atoms with Crippen molar-refractivity contribution in [1.82, 2.24) is 0 Å². The van der Waals surface area contributed by atoms with Crippen molar-refractivity contribution in [1.29, 1.82) is 0 Å². The van der Waals surface area contributed by atoms with Crippen LogP contribution in [0, 0.1) is 18.6 Å². The summed E-state index contributed by atoms with van der Waals surface area (Å²) in [5, 5.41) is 8.52. The third-order valence-electron chi connectivity index (χ3n) is 4.42. The highest BCUT2D eigenvalue weighted by Gasteiger charge is 2.17. The lowest BCUT2D eigenvalue weighted by Crippen LogP contribution is -2.27. The molecule has 0 spiro atoms. The Morgan fingerprint density at radius 1 is 0.970 bits per heavy atom. The van der Waals surface area contributed by atoms with Gasteiger partial charge >= 0.3 is 6.09 Å². The lowest BCUT2D eigenvalue weighted by Gasteiger charge is -2.20. The van der Waals surface area contributed by atoms with Crippen molar-refractivity contribution in [2.45, 2.75) is 33.3 Å². The molecular weight excluding hydrogens is 428 g/mol. The number of hydrogen-bond acceptors (Lipinski definition) is 5. The van der Waals surface area contributed by atoms with Crippen molar-refractivity contribution in [3.05, 3.63) is 71.8 Å². The van der Waals surface area contributed by atoms with Crippen molar-refractivity contribution in [2.75, 3.05) is 23.0 Å². The van der Waals surface area contributed by atoms with Crippen LogP contribution < -0.4 is 20.7 Å². The predicted molar refractivity (Wildman–Crippen MR) is 127 cm³/mol. The van der Waals surface area contributed by atoms with Gasteiger partial charge in [0.05, 0.1) is 11.4 Å². The first-order chi connectivity index (χ1) is 15.5. The molecule has 3 rings (SSSR count). The van der Waals surface area contributed by atoms with Gasteiger partial charge in [-0.3, -0.25) is 5.32 Å². The van der Waals surface area contributed by atoms with E-state index in [2.05, 4.69) is 16.0 Å². The molecule has 6 nitrogen and oxygen atoms in total. The van der Waals surface area contributed by atoms with Gasteiger partial charge in [0, 0.05) is 24.9 Å². The molecule has 0 aromatic heterocycles. The maximum Gasteiger partial charge on any atom is 0.412 e. The minimum absolute atomic E-state index is 0.182. The Hall–Kier alpha value is -3.81. The van der Waals surface area contributed by atoms with E-state index in [-0.39, 0.29) is 11.4 Å². The molecule has 0 unspecified atom stereocenters. The van der Waals surface area contributed by atoms with E-state index in [0.29, 0.717) is 22.8 Å². The molecule has 8 heteroatoms. The number of halogens is 2. The van der Waals surface area contributed by atoms with Gasteiger partial charge in [-0.1, -0.05) is 12.1 Å². The molecule has 0 saturated heterocycles. The second-order valence-electron chi connectivity index (χ2n) is 8.44. The van der Waals surface area contributed by atoms with Crippen LogP contribution in [0.15, 0.2) is 54.6 Å². The van der Waals surface area contributed by atoms with Crippen LogP contribution in [0.2, 0.25) is 0 Å². The maximum absolute atomic E-state index is 14.4. The van der Waals surface area contributed by atoms with Crippen molar-refractivity contribution in [3.8, 4) is 11.5 Å². The number of rotatable bonds is 6. The molecule has 0 aliphatic rings. The number of ether oxygens (including phenoxy) is 2. The van der Waals surface area contributed by atoms with Gasteiger partial charge in [0.15, 0.2) is 5.75 Å². The highest BCUT2D eigenvalue weighted by atomic mass is 19.1. The smallest absolute Gasteiger partial charge is 0.412 e. The summed E-state index contributed by atoms with van der Waals surface area (Å²) in [7, 11) is 1.65. The standard InChI is InChI=1S/C25H27F2N3O3/c1-15-9-10-20(19(27)11-15)30-21-12-16(26)13-22(23(21)28-5)32-18-8-6-7-17(14-18)29-24(31)33-25(2,3)4/h6-14,28,30H,1-5H3,(H,29,31). The number of carbonyl (C=O) groups is 1. The zero-order chi connectivity index (χ0) is 24.2. The normalized spacial score (nSPS) is 11.0. The summed E-state index contributed by atoms with van der Waals surface area (Å²) in [6, 6.07) is 13.8. The van der Waals surface area contributed by atoms with Gasteiger partial charge < -0.3 is 20.1 Å². The summed E-state index contributed by atoms with van der Waals surface area (Å²) in [6.45, 7) is 7.09. The molecule has 0 aliphatic carbocycles. The van der Waals surface area contributed by atoms with Gasteiger partial charge in [0.2, 0.25) is 0 Å². The van der Waals surface area contributed by atoms with Crippen LogP contribution in [-0.2, 0) is 4.74 Å². The number of anilines is 4. The molecule has 0 aliphatic heterocycles. The Balaban J connectivity index is 1.86. The third kappa shape index (κ3) is 6.58. The van der Waals surface area contributed by atoms with E-state index >= 15 is 0 Å². The molecule has 174 valence electrons. The Bertz CT molecular complexity index is 1160. The molecule has 3 aromatic carbocycles. The highest BCUT2D eigenvalue weighted by Crippen LogP contribution is 2.39. The molecule has 3 N–H and O–H groups in total. The van der Waals surface area contributed by atoms with E-state index in [0.717, 1.165) is 5.56 Å². The molecule has 0 radical (unpaired) electrons. The Morgan fingerprint density at radius 2 is 1.73 bits per heavy atom. The molecule has 0 heterocycles. The highest BCUT2D eigenvalue weighted by molar-refractivity contribution is 5.85. The van der Waals surface area contributed by atoms with E-state index in [1.807, 2.05) is 0 Å². The SMILES string of the molecule is CNc1c(Nc2ccc(C)cc2F)cc(F)cc1Oc1cccc(NC(=O)OC(C)(C)C)c1. The number of carbonyl (C=O) groups excluding carboxylic acids is 1. The van der Waals surface area contributed by atoms with Gasteiger partial charge in [-0.15, -0.1) is 0 Å². The molecule has 3 aromatic rings. The predicted octanol–water partition coefficient (Wildman–Crippen LogP) is 7.20. The maximum atomic E-state index is 14.4. The number of aryl methyl sites for hydroxylation is 1. The molecule has 0 bridgehead atoms. The summed E-state index contributed by atoms with van der Waals surface area (Å²) in [5.74, 6) is -0.480. The zero-order valence-electron chi connectivity index (χ0n) is 19.2. The second kappa shape index (κ2) is 9.77. The number of nitrogens with one attached hydrogen (secondary N) is 3. The monoisotopic (exact) mass is 455 g/mol. The van der Waals surface area contributed by atoms with Crippen molar-refractivity contribution in [2.24, 2.45) is 0 Å². The first-order valence-corrected chi connectivity index (χ1v) is 10.4. The number of benzene rings is 3. The van der Waals surface area contributed by atoms with Gasteiger partial charge in [0.1, 0.15) is 28.7 Å². The van der Waals surface area contributed by atoms with Crippen LogP contribution in [0.5, 0.6) is 11.5 Å². The van der Waals surface area contributed by atoms with Crippen molar-refractivity contribution < 1.29 is 23.0 Å². The summed E-state index contributed by atoms with van der Waals surface area (Å²) >= 11 is 0. The molecule has 1 amide bonds. The van der Waals surface area contributed by atoms with E-state index in [1.54, 1.807) is 71.1 Å². The van der Waals surface area contributed by atoms with Crippen LogP contribution in [-0.4, -0.2) is 18.7 Å². The van der Waals surface area contributed by atoms with E-state index in [1.165, 1.54) is 18.2 Å². The summed E-state index contributed by atoms with van der Waals surface area (Å²) < 4.78 is 39.9. The van der Waals surface area contributed by atoms with E-state index in [9.17, 15) is 13.6 Å². The summed E-state index contributed by atoms with van der Waals surface area (Å²) in [6.07, 6.45) is -0.604. The number of hydrogen-bond donors (Lipinski definition) is 3. The quantitative estimate of drug-likeness (QED) is 0.367. The Kier molecular flexibility index (Phi) is 7.06. The topological polar surface area (TPSA) is 71.6 Å². The minimum Gasteiger partial charge on any atom is -0.455 e. The van der Waals surface area contributed by atoms with Crippen LogP contribution in [0.4, 0.5) is 36.3 Å². The van der Waals surface area contributed by atoms with Crippen LogP contribution in [0.3, 0.4) is 0 Å². The molecule has 0 saturated carbocycles. The van der Waals surface area contributed by atoms with E-state index in [4.69, 9.17) is 9.47 Å². The van der Waals surface area contributed by atoms with Crippen molar-refractivity contribution >= 4 is 28.8 Å². The van der Waals surface area contributed by atoms with Gasteiger partial charge in [-0.05, 0) is 63.6 Å². The minimum atomic E-state index is -0.637. The summed E-state index contributed by atoms with van der Waals surface area (Å²) in [4.78, 5) is 12.0. The van der Waals surface area contributed by atoms with Gasteiger partial charge in [-0.2, -0.15) is 0 Å². The average Bonchev–Trinajstić information content (AvgIpc) is 2.69. The molecule has 0 fully saturated rings. The zero-order valence-corrected chi connectivity index (χ0v) is 19.2. The fourth-order valence-corrected chi connectivity index (χ4v) is 3.07. The van der Waals surface area contributed by atoms with E-state index < -0.39 is 23.3 Å². The lowest BCUT2D eigenvalue weighted by atomic mass is 10.2. The number of amides is 1. The molecule has 33 heavy (non-hydrogen) atoms. The first-order valence-electron chi connectivity index (χ1n) is 10.4. The first kappa shape index (κ1) is 23.8. The fourth-order valence-electron chi connectivity index (χ4n) is 3.07. The van der Waals surface area contributed by atoms with Gasteiger partial charge in [0.25, 0.3) is 0 Å².